The molecule has 0 aliphatic carbocycles. The van der Waals surface area contributed by atoms with Gasteiger partial charge in [-0.05, 0) is 11.1 Å². The van der Waals surface area contributed by atoms with E-state index >= 15 is 0 Å². The van der Waals surface area contributed by atoms with Crippen LogP contribution in [0.3, 0.4) is 0 Å². The first-order chi connectivity index (χ1) is 13.3. The van der Waals surface area contributed by atoms with Crippen LogP contribution in [0.4, 0.5) is 18.3 Å². The zero-order valence-electron chi connectivity index (χ0n) is 16.0. The molecule has 0 amide bonds. The summed E-state index contributed by atoms with van der Waals surface area (Å²) in [6.07, 6.45) is -4.31. The minimum absolute atomic E-state index is 0.0704. The van der Waals surface area contributed by atoms with Gasteiger partial charge in [0.2, 0.25) is 0 Å². The lowest BCUT2D eigenvalue weighted by atomic mass is 10.1. The number of hydrogen-bond acceptors (Lipinski definition) is 5. The van der Waals surface area contributed by atoms with Gasteiger partial charge in [0.15, 0.2) is 11.1 Å². The number of halogens is 3. The highest BCUT2D eigenvalue weighted by Gasteiger charge is 2.27. The van der Waals surface area contributed by atoms with Crippen LogP contribution in [0, 0.1) is 0 Å². The third-order valence-electron chi connectivity index (χ3n) is 3.60. The van der Waals surface area contributed by atoms with Crippen molar-refractivity contribution in [2.24, 2.45) is 4.99 Å². The first-order valence-electron chi connectivity index (χ1n) is 8.55. The Labute approximate surface area is 166 Å². The monoisotopic (exact) mass is 415 g/mol. The van der Waals surface area contributed by atoms with Crippen molar-refractivity contribution in [3.63, 3.8) is 0 Å². The fourth-order valence-corrected chi connectivity index (χ4v) is 2.96. The number of guanidine groups is 1. The highest BCUT2D eigenvalue weighted by atomic mass is 32.1. The molecule has 1 aromatic heterocycles. The Morgan fingerprint density at radius 3 is 2.36 bits per heavy atom. The smallest absolute Gasteiger partial charge is 0.367 e. The topological polar surface area (TPSA) is 61.8 Å². The molecule has 0 aliphatic heterocycles. The van der Waals surface area contributed by atoms with Crippen LogP contribution in [-0.2, 0) is 24.4 Å². The normalized spacial score (nSPS) is 12.1. The van der Waals surface area contributed by atoms with E-state index in [9.17, 15) is 13.2 Å². The van der Waals surface area contributed by atoms with Crippen LogP contribution in [0.2, 0.25) is 0 Å². The van der Waals surface area contributed by atoms with Crippen molar-refractivity contribution < 1.29 is 17.9 Å². The molecule has 0 atom stereocenters. The van der Waals surface area contributed by atoms with E-state index in [-0.39, 0.29) is 6.61 Å². The Bertz CT molecular complexity index is 759. The third kappa shape index (κ3) is 7.73. The molecule has 1 aromatic carbocycles. The van der Waals surface area contributed by atoms with Crippen LogP contribution < -0.4 is 15.5 Å². The maximum Gasteiger partial charge on any atom is 0.411 e. The number of aliphatic imine (C=N–C) groups is 1. The van der Waals surface area contributed by atoms with Gasteiger partial charge in [-0.25, -0.2) is 4.98 Å². The lowest BCUT2D eigenvalue weighted by molar-refractivity contribution is -0.176. The van der Waals surface area contributed by atoms with Crippen molar-refractivity contribution in [1.29, 1.82) is 0 Å². The van der Waals surface area contributed by atoms with Crippen LogP contribution >= 0.6 is 11.3 Å². The molecule has 0 saturated carbocycles. The molecule has 2 aromatic rings. The van der Waals surface area contributed by atoms with Gasteiger partial charge in [0, 0.05) is 33.1 Å². The summed E-state index contributed by atoms with van der Waals surface area (Å²) in [6, 6.07) is 7.19. The van der Waals surface area contributed by atoms with Gasteiger partial charge in [-0.2, -0.15) is 13.2 Å². The Kier molecular flexibility index (Phi) is 8.06. The molecule has 154 valence electrons. The second-order valence-electron chi connectivity index (χ2n) is 6.22. The predicted octanol–water partition coefficient (Wildman–Crippen LogP) is 3.15. The van der Waals surface area contributed by atoms with Crippen molar-refractivity contribution in [3.8, 4) is 0 Å². The zero-order chi connectivity index (χ0) is 20.6. The number of anilines is 1. The van der Waals surface area contributed by atoms with Gasteiger partial charge in [-0.15, -0.1) is 11.3 Å². The Morgan fingerprint density at radius 1 is 1.14 bits per heavy atom. The largest absolute Gasteiger partial charge is 0.411 e. The first-order valence-corrected chi connectivity index (χ1v) is 9.43. The highest BCUT2D eigenvalue weighted by Crippen LogP contribution is 2.17. The molecule has 2 rings (SSSR count). The van der Waals surface area contributed by atoms with E-state index in [0.717, 1.165) is 16.4 Å². The van der Waals surface area contributed by atoms with Crippen LogP contribution in [0.25, 0.3) is 0 Å². The molecule has 0 saturated heterocycles. The fraction of sp³-hybridized carbons (Fsp3) is 0.444. The molecule has 0 unspecified atom stereocenters. The van der Waals surface area contributed by atoms with Crippen LogP contribution in [0.5, 0.6) is 0 Å². The summed E-state index contributed by atoms with van der Waals surface area (Å²) in [5.74, 6) is 0.636. The van der Waals surface area contributed by atoms with E-state index in [2.05, 4.69) is 25.3 Å². The number of alkyl halides is 3. The van der Waals surface area contributed by atoms with Gasteiger partial charge in [0.1, 0.15) is 6.61 Å². The zero-order valence-corrected chi connectivity index (χ0v) is 16.8. The summed E-state index contributed by atoms with van der Waals surface area (Å²) in [6.45, 7) is -0.227. The van der Waals surface area contributed by atoms with E-state index < -0.39 is 12.8 Å². The van der Waals surface area contributed by atoms with E-state index in [1.807, 2.05) is 36.5 Å². The first kappa shape index (κ1) is 22.0. The van der Waals surface area contributed by atoms with E-state index in [1.165, 1.54) is 0 Å². The highest BCUT2D eigenvalue weighted by molar-refractivity contribution is 7.13. The summed E-state index contributed by atoms with van der Waals surface area (Å²) >= 11 is 1.58. The Hall–Kier alpha value is -2.33. The maximum atomic E-state index is 12.1. The van der Waals surface area contributed by atoms with Crippen molar-refractivity contribution >= 4 is 22.4 Å². The van der Waals surface area contributed by atoms with Crippen molar-refractivity contribution in [2.75, 3.05) is 32.6 Å². The summed E-state index contributed by atoms with van der Waals surface area (Å²) < 4.78 is 40.9. The van der Waals surface area contributed by atoms with Crippen LogP contribution in [-0.4, -0.2) is 44.9 Å². The van der Waals surface area contributed by atoms with Gasteiger partial charge in [0.25, 0.3) is 0 Å². The average Bonchev–Trinajstić information content (AvgIpc) is 3.11. The molecule has 0 aliphatic rings. The summed E-state index contributed by atoms with van der Waals surface area (Å²) in [5, 5.41) is 9.33. The molecule has 28 heavy (non-hydrogen) atoms. The lowest BCUT2D eigenvalue weighted by Gasteiger charge is -2.12. The van der Waals surface area contributed by atoms with Gasteiger partial charge in [-0.3, -0.25) is 4.99 Å². The molecular weight excluding hydrogens is 391 g/mol. The Balaban J connectivity index is 1.76. The van der Waals surface area contributed by atoms with Crippen molar-refractivity contribution in [1.82, 2.24) is 15.6 Å². The second-order valence-corrected chi connectivity index (χ2v) is 7.06. The van der Waals surface area contributed by atoms with E-state index in [1.54, 1.807) is 30.5 Å². The summed E-state index contributed by atoms with van der Waals surface area (Å²) in [7, 11) is 5.58. The molecule has 2 N–H and O–H groups in total. The van der Waals surface area contributed by atoms with Gasteiger partial charge in [0.05, 0.1) is 18.8 Å². The molecule has 0 spiro atoms. The number of nitrogens with zero attached hydrogens (tertiary/aromatic N) is 3. The summed E-state index contributed by atoms with van der Waals surface area (Å²) in [5.41, 5.74) is 2.60. The van der Waals surface area contributed by atoms with Crippen LogP contribution in [0.15, 0.2) is 34.6 Å². The van der Waals surface area contributed by atoms with Gasteiger partial charge < -0.3 is 20.3 Å². The molecule has 6 nitrogen and oxygen atoms in total. The molecular formula is C18H24F3N5OS. The average molecular weight is 415 g/mol. The van der Waals surface area contributed by atoms with Gasteiger partial charge >= 0.3 is 6.18 Å². The van der Waals surface area contributed by atoms with E-state index in [4.69, 9.17) is 0 Å². The lowest BCUT2D eigenvalue weighted by Crippen LogP contribution is -2.36. The number of thiazole rings is 1. The molecule has 10 heteroatoms. The second kappa shape index (κ2) is 10.3. The number of ether oxygens (including phenoxy) is 1. The number of rotatable bonds is 8. The number of nitrogens with one attached hydrogen (secondary N) is 2. The molecule has 0 radical (unpaired) electrons. The number of aromatic nitrogens is 1. The fourth-order valence-electron chi connectivity index (χ4n) is 2.20. The number of hydrogen-bond donors (Lipinski definition) is 2. The maximum absolute atomic E-state index is 12.1. The van der Waals surface area contributed by atoms with E-state index in [0.29, 0.717) is 24.6 Å². The third-order valence-corrected chi connectivity index (χ3v) is 4.66. The molecule has 0 bridgehead atoms. The minimum Gasteiger partial charge on any atom is -0.367 e. The number of benzene rings is 1. The molecule has 1 heterocycles. The summed E-state index contributed by atoms with van der Waals surface area (Å²) in [4.78, 5) is 10.6. The Morgan fingerprint density at radius 2 is 1.79 bits per heavy atom. The quantitative estimate of drug-likeness (QED) is 0.512. The van der Waals surface area contributed by atoms with Gasteiger partial charge in [-0.1, -0.05) is 24.3 Å². The predicted molar refractivity (Wildman–Crippen MR) is 106 cm³/mol. The van der Waals surface area contributed by atoms with Crippen molar-refractivity contribution in [2.45, 2.75) is 25.9 Å². The SMILES string of the molecule is CN=C(NCc1ccc(COCC(F)(F)F)cc1)NCc1csc(N(C)C)n1. The minimum atomic E-state index is -4.31. The molecule has 0 fully saturated rings. The standard InChI is InChI=1S/C18H24F3N5OS/c1-22-16(24-9-15-11-28-17(25-15)26(2)3)23-8-13-4-6-14(7-5-13)10-27-12-18(19,20)21/h4-7,11H,8-10,12H2,1-3H3,(H2,22,23,24). The van der Waals surface area contributed by atoms with Crippen LogP contribution in [0.1, 0.15) is 16.8 Å². The van der Waals surface area contributed by atoms with Crippen molar-refractivity contribution in [3.05, 3.63) is 46.5 Å².